The summed E-state index contributed by atoms with van der Waals surface area (Å²) in [6.45, 7) is 8.54. The van der Waals surface area contributed by atoms with Crippen LogP contribution in [-0.2, 0) is 4.74 Å². The molecule has 1 amide bonds. The van der Waals surface area contributed by atoms with Gasteiger partial charge in [0.2, 0.25) is 5.95 Å². The van der Waals surface area contributed by atoms with Crippen LogP contribution in [0.3, 0.4) is 0 Å². The first-order valence-corrected chi connectivity index (χ1v) is 13.5. The first-order chi connectivity index (χ1) is 19.6. The van der Waals surface area contributed by atoms with E-state index in [1.165, 1.54) is 24.1 Å². The molecule has 1 aromatic carbocycles. The van der Waals surface area contributed by atoms with Gasteiger partial charge in [0, 0.05) is 62.0 Å². The van der Waals surface area contributed by atoms with E-state index in [0.717, 1.165) is 48.6 Å². The quantitative estimate of drug-likeness (QED) is 0.311. The summed E-state index contributed by atoms with van der Waals surface area (Å²) >= 11 is 0. The van der Waals surface area contributed by atoms with Gasteiger partial charge in [0.1, 0.15) is 24.6 Å². The van der Waals surface area contributed by atoms with E-state index in [2.05, 4.69) is 37.1 Å². The molecular weight excluding hydrogens is 531 g/mol. The number of cyclic esters (lactones) is 1. The van der Waals surface area contributed by atoms with Crippen molar-refractivity contribution in [2.75, 3.05) is 55.0 Å². The number of aromatic nitrogens is 3. The highest BCUT2D eigenvalue weighted by Gasteiger charge is 2.39. The molecule has 3 aromatic rings. The lowest BCUT2D eigenvalue weighted by molar-refractivity contribution is -0.384. The summed E-state index contributed by atoms with van der Waals surface area (Å²) in [4.78, 5) is 42.5. The predicted molar refractivity (Wildman–Crippen MR) is 153 cm³/mol. The molecule has 0 spiro atoms. The fourth-order valence-electron chi connectivity index (χ4n) is 5.08. The maximum absolute atomic E-state index is 14.1. The van der Waals surface area contributed by atoms with E-state index in [1.807, 2.05) is 26.0 Å². The molecule has 0 saturated carbocycles. The number of halogens is 1. The minimum atomic E-state index is -1.29. The molecule has 2 aliphatic heterocycles. The van der Waals surface area contributed by atoms with Crippen LogP contribution in [0, 0.1) is 17.0 Å². The number of carbonyl (C=O) groups is 1. The number of amides is 1. The van der Waals surface area contributed by atoms with E-state index < -0.39 is 18.3 Å². The molecule has 2 aromatic heterocycles. The molecule has 0 aliphatic carbocycles. The predicted octanol–water partition coefficient (Wildman–Crippen LogP) is 4.36. The van der Waals surface area contributed by atoms with E-state index in [1.54, 1.807) is 18.3 Å². The lowest BCUT2D eigenvalue weighted by atomic mass is 9.99. The zero-order chi connectivity index (χ0) is 29.3. The molecular formula is C28H33FN8O4. The van der Waals surface area contributed by atoms with Gasteiger partial charge < -0.3 is 19.9 Å². The first-order valence-electron chi connectivity index (χ1n) is 13.5. The second-order valence-corrected chi connectivity index (χ2v) is 10.5. The van der Waals surface area contributed by atoms with E-state index in [0.29, 0.717) is 5.69 Å². The number of nitro benzene ring substituents is 1. The topological polar surface area (TPSA) is 130 Å². The Morgan fingerprint density at radius 3 is 2.59 bits per heavy atom. The third kappa shape index (κ3) is 6.04. The van der Waals surface area contributed by atoms with Crippen molar-refractivity contribution in [3.8, 4) is 11.1 Å². The average molecular weight is 565 g/mol. The van der Waals surface area contributed by atoms with Crippen LogP contribution in [0.15, 0.2) is 42.7 Å². The number of likely N-dealkylation sites (N-methyl/N-ethyl adjacent to an activating group) is 1. The summed E-state index contributed by atoms with van der Waals surface area (Å²) in [5, 5.41) is 14.9. The number of piperazine rings is 1. The Morgan fingerprint density at radius 1 is 1.15 bits per heavy atom. The number of benzene rings is 1. The number of pyridine rings is 1. The van der Waals surface area contributed by atoms with Crippen LogP contribution in [-0.4, -0.2) is 82.9 Å². The minimum Gasteiger partial charge on any atom is -0.447 e. The molecule has 3 atom stereocenters. The van der Waals surface area contributed by atoms with E-state index in [-0.39, 0.29) is 35.0 Å². The molecule has 2 fully saturated rings. The maximum Gasteiger partial charge on any atom is 0.416 e. The highest BCUT2D eigenvalue weighted by molar-refractivity contribution is 5.89. The standard InChI is InChI=1S/C28H33FN8O4/c1-17-11-24(19(3)32-27-30-6-5-26(33-27)36-25(18(2)29)16-41-28(36)38)31-15-23(17)20-12-21(14-22(13-20)37(39)40)35-9-7-34(4)8-10-35/h5-6,11-15,18-19,25H,7-10,16H2,1-4H3,(H,30,32,33)/t18-,19-,25+/m0/s1. The van der Waals surface area contributed by atoms with Crippen molar-refractivity contribution < 1.29 is 18.8 Å². The number of nitro groups is 1. The Bertz CT molecular complexity index is 1450. The highest BCUT2D eigenvalue weighted by atomic mass is 19.1. The van der Waals surface area contributed by atoms with E-state index in [9.17, 15) is 19.3 Å². The van der Waals surface area contributed by atoms with E-state index in [4.69, 9.17) is 4.74 Å². The number of hydrogen-bond acceptors (Lipinski definition) is 10. The van der Waals surface area contributed by atoms with Crippen LogP contribution in [0.5, 0.6) is 0 Å². The Morgan fingerprint density at radius 2 is 1.90 bits per heavy atom. The molecule has 41 heavy (non-hydrogen) atoms. The molecule has 0 bridgehead atoms. The monoisotopic (exact) mass is 564 g/mol. The summed E-state index contributed by atoms with van der Waals surface area (Å²) in [6, 6.07) is 7.58. The lowest BCUT2D eigenvalue weighted by Crippen LogP contribution is -2.44. The van der Waals surface area contributed by atoms with Crippen LogP contribution >= 0.6 is 0 Å². The van der Waals surface area contributed by atoms with Gasteiger partial charge >= 0.3 is 6.09 Å². The minimum absolute atomic E-state index is 0.0400. The zero-order valence-electron chi connectivity index (χ0n) is 23.5. The SMILES string of the molecule is Cc1cc([C@H](C)Nc2nccc(N3C(=O)OC[C@@H]3[C@H](C)F)n2)ncc1-c1cc(N2CCN(C)CC2)cc([N+](=O)[O-])c1. The van der Waals surface area contributed by atoms with Gasteiger partial charge in [-0.2, -0.15) is 4.98 Å². The Kier molecular flexibility index (Phi) is 7.97. The van der Waals surface area contributed by atoms with Gasteiger partial charge in [0.05, 0.1) is 16.7 Å². The molecule has 0 radical (unpaired) electrons. The summed E-state index contributed by atoms with van der Waals surface area (Å²) in [5.74, 6) is 0.493. The smallest absolute Gasteiger partial charge is 0.416 e. The second-order valence-electron chi connectivity index (χ2n) is 10.5. The molecule has 2 saturated heterocycles. The summed E-state index contributed by atoms with van der Waals surface area (Å²) in [7, 11) is 2.07. The Balaban J connectivity index is 1.37. The molecule has 12 nitrogen and oxygen atoms in total. The van der Waals surface area contributed by atoms with Crippen molar-refractivity contribution in [3.05, 3.63) is 64.1 Å². The number of carbonyl (C=O) groups excluding carboxylic acids is 1. The van der Waals surface area contributed by atoms with Crippen LogP contribution in [0.2, 0.25) is 0 Å². The molecule has 1 N–H and O–H groups in total. The lowest BCUT2D eigenvalue weighted by Gasteiger charge is -2.34. The van der Waals surface area contributed by atoms with Gasteiger partial charge in [-0.1, -0.05) is 0 Å². The molecule has 216 valence electrons. The molecule has 0 unspecified atom stereocenters. The first kappa shape index (κ1) is 28.1. The molecule has 5 rings (SSSR count). The Labute approximate surface area is 237 Å². The van der Waals surface area contributed by atoms with Gasteiger partial charge in [-0.05, 0) is 57.1 Å². The van der Waals surface area contributed by atoms with Crippen LogP contribution in [0.25, 0.3) is 11.1 Å². The van der Waals surface area contributed by atoms with Gasteiger partial charge in [-0.25, -0.2) is 14.2 Å². The number of nitrogens with one attached hydrogen (secondary N) is 1. The van der Waals surface area contributed by atoms with E-state index >= 15 is 0 Å². The number of aryl methyl sites for hydroxylation is 1. The maximum atomic E-state index is 14.1. The average Bonchev–Trinajstić information content (AvgIpc) is 3.35. The zero-order valence-corrected chi connectivity index (χ0v) is 23.5. The number of rotatable bonds is 8. The van der Waals surface area contributed by atoms with Crippen molar-refractivity contribution in [3.63, 3.8) is 0 Å². The van der Waals surface area contributed by atoms with Crippen LogP contribution in [0.1, 0.15) is 31.1 Å². The summed E-state index contributed by atoms with van der Waals surface area (Å²) in [6.07, 6.45) is 1.27. The number of non-ortho nitro benzene ring substituents is 1. The third-order valence-electron chi connectivity index (χ3n) is 7.54. The van der Waals surface area contributed by atoms with Crippen molar-refractivity contribution in [1.29, 1.82) is 0 Å². The molecule has 4 heterocycles. The fourth-order valence-corrected chi connectivity index (χ4v) is 5.08. The molecule has 13 heteroatoms. The third-order valence-corrected chi connectivity index (χ3v) is 7.54. The van der Waals surface area contributed by atoms with Crippen molar-refractivity contribution in [2.45, 2.75) is 39.0 Å². The molecule has 2 aliphatic rings. The number of hydrogen-bond donors (Lipinski definition) is 1. The Hall–Kier alpha value is -4.39. The van der Waals surface area contributed by atoms with Gasteiger partial charge in [0.15, 0.2) is 0 Å². The highest BCUT2D eigenvalue weighted by Crippen LogP contribution is 2.33. The normalized spacial score (nSPS) is 19.1. The van der Waals surface area contributed by atoms with Gasteiger partial charge in [-0.3, -0.25) is 20.0 Å². The largest absolute Gasteiger partial charge is 0.447 e. The summed E-state index contributed by atoms with van der Waals surface area (Å²) < 4.78 is 19.1. The van der Waals surface area contributed by atoms with Crippen LogP contribution < -0.4 is 15.1 Å². The van der Waals surface area contributed by atoms with Crippen LogP contribution in [0.4, 0.5) is 32.3 Å². The number of nitrogens with zero attached hydrogens (tertiary/aromatic N) is 7. The van der Waals surface area contributed by atoms with Crippen molar-refractivity contribution in [2.24, 2.45) is 0 Å². The van der Waals surface area contributed by atoms with Crippen molar-refractivity contribution in [1.82, 2.24) is 19.9 Å². The number of ether oxygens (including phenoxy) is 1. The van der Waals surface area contributed by atoms with Gasteiger partial charge in [0.25, 0.3) is 5.69 Å². The van der Waals surface area contributed by atoms with Crippen molar-refractivity contribution >= 4 is 29.2 Å². The second kappa shape index (κ2) is 11.6. The number of anilines is 3. The summed E-state index contributed by atoms with van der Waals surface area (Å²) in [5.41, 5.74) is 4.01. The number of alkyl halides is 1. The fraction of sp³-hybridized carbons (Fsp3) is 0.429. The van der Waals surface area contributed by atoms with Gasteiger partial charge in [-0.15, -0.1) is 0 Å².